The van der Waals surface area contributed by atoms with Crippen LogP contribution in [0.5, 0.6) is 11.6 Å². The molecule has 5 nitrogen and oxygen atoms in total. The van der Waals surface area contributed by atoms with E-state index < -0.39 is 11.7 Å². The number of likely N-dealkylation sites (tertiary alicyclic amines) is 1. The van der Waals surface area contributed by atoms with Crippen molar-refractivity contribution in [3.05, 3.63) is 54.2 Å². The van der Waals surface area contributed by atoms with Crippen molar-refractivity contribution >= 4 is 5.91 Å². The van der Waals surface area contributed by atoms with Crippen molar-refractivity contribution in [2.24, 2.45) is 0 Å². The number of benzene rings is 1. The minimum Gasteiger partial charge on any atom is -0.484 e. The van der Waals surface area contributed by atoms with Crippen LogP contribution in [0.15, 0.2) is 48.7 Å². The lowest BCUT2D eigenvalue weighted by Crippen LogP contribution is -2.34. The maximum absolute atomic E-state index is 12.7. The molecule has 138 valence electrons. The minimum absolute atomic E-state index is 0.00802. The molecule has 0 aliphatic carbocycles. The second kappa shape index (κ2) is 7.63. The third-order valence-electron chi connectivity index (χ3n) is 3.95. The van der Waals surface area contributed by atoms with Gasteiger partial charge in [-0.15, -0.1) is 0 Å². The topological polar surface area (TPSA) is 51.7 Å². The molecule has 2 aromatic rings. The van der Waals surface area contributed by atoms with Crippen LogP contribution in [-0.4, -0.2) is 41.6 Å². The third kappa shape index (κ3) is 4.65. The Morgan fingerprint density at radius 3 is 2.81 bits per heavy atom. The normalized spacial score (nSPS) is 17.2. The molecule has 1 aliphatic heterocycles. The van der Waals surface area contributed by atoms with Crippen molar-refractivity contribution < 1.29 is 27.4 Å². The number of hydrogen-bond donors (Lipinski definition) is 0. The largest absolute Gasteiger partial charge is 0.484 e. The number of pyridine rings is 1. The fourth-order valence-corrected chi connectivity index (χ4v) is 2.64. The molecule has 8 heteroatoms. The molecule has 1 aliphatic rings. The molecule has 2 heterocycles. The second-order valence-electron chi connectivity index (χ2n) is 5.85. The number of halogens is 3. The number of amides is 1. The molecular weight excluding hydrogens is 349 g/mol. The first-order chi connectivity index (χ1) is 12.4. The summed E-state index contributed by atoms with van der Waals surface area (Å²) in [6.07, 6.45) is -2.33. The number of aromatic nitrogens is 1. The van der Waals surface area contributed by atoms with E-state index in [9.17, 15) is 18.0 Å². The molecule has 1 aromatic carbocycles. The fourth-order valence-electron chi connectivity index (χ4n) is 2.64. The molecule has 1 amide bonds. The molecule has 0 spiro atoms. The van der Waals surface area contributed by atoms with Crippen LogP contribution in [0, 0.1) is 0 Å². The summed E-state index contributed by atoms with van der Waals surface area (Å²) in [7, 11) is 0. The molecule has 26 heavy (non-hydrogen) atoms. The first-order valence-electron chi connectivity index (χ1n) is 8.07. The lowest BCUT2D eigenvalue weighted by Gasteiger charge is -2.17. The van der Waals surface area contributed by atoms with Crippen LogP contribution in [0.4, 0.5) is 13.2 Å². The van der Waals surface area contributed by atoms with Crippen molar-refractivity contribution in [3.63, 3.8) is 0 Å². The molecule has 0 radical (unpaired) electrons. The Bertz CT molecular complexity index is 753. The van der Waals surface area contributed by atoms with Crippen molar-refractivity contribution in [1.82, 2.24) is 9.88 Å². The van der Waals surface area contributed by atoms with Crippen molar-refractivity contribution in [2.75, 3.05) is 19.7 Å². The number of carbonyl (C=O) groups is 1. The molecule has 1 unspecified atom stereocenters. The van der Waals surface area contributed by atoms with E-state index in [1.807, 2.05) is 6.07 Å². The smallest absolute Gasteiger partial charge is 0.416 e. The first kappa shape index (κ1) is 18.0. The van der Waals surface area contributed by atoms with E-state index in [-0.39, 0.29) is 24.4 Å². The van der Waals surface area contributed by atoms with Crippen LogP contribution in [-0.2, 0) is 11.0 Å². The average Bonchev–Trinajstić information content (AvgIpc) is 3.09. The highest BCUT2D eigenvalue weighted by atomic mass is 19.4. The molecule has 0 N–H and O–H groups in total. The van der Waals surface area contributed by atoms with Crippen molar-refractivity contribution in [1.29, 1.82) is 0 Å². The molecule has 1 aromatic heterocycles. The summed E-state index contributed by atoms with van der Waals surface area (Å²) in [5.74, 6) is 0.204. The Morgan fingerprint density at radius 1 is 1.23 bits per heavy atom. The van der Waals surface area contributed by atoms with Gasteiger partial charge in [0.05, 0.1) is 12.1 Å². The zero-order valence-corrected chi connectivity index (χ0v) is 13.8. The average molecular weight is 366 g/mol. The van der Waals surface area contributed by atoms with Gasteiger partial charge < -0.3 is 14.4 Å². The predicted octanol–water partition coefficient (Wildman–Crippen LogP) is 3.16. The molecule has 1 fully saturated rings. The number of ether oxygens (including phenoxy) is 2. The summed E-state index contributed by atoms with van der Waals surface area (Å²) in [5, 5.41) is 0. The van der Waals surface area contributed by atoms with E-state index in [4.69, 9.17) is 9.47 Å². The number of rotatable bonds is 5. The Kier molecular flexibility index (Phi) is 5.29. The molecule has 3 rings (SSSR count). The Hall–Kier alpha value is -2.77. The van der Waals surface area contributed by atoms with E-state index in [0.29, 0.717) is 25.4 Å². The zero-order chi connectivity index (χ0) is 18.6. The fraction of sp³-hybridized carbons (Fsp3) is 0.333. The van der Waals surface area contributed by atoms with Crippen molar-refractivity contribution in [3.8, 4) is 11.6 Å². The van der Waals surface area contributed by atoms with Crippen LogP contribution >= 0.6 is 0 Å². The highest BCUT2D eigenvalue weighted by molar-refractivity contribution is 5.78. The lowest BCUT2D eigenvalue weighted by molar-refractivity contribution is -0.137. The van der Waals surface area contributed by atoms with E-state index in [1.54, 1.807) is 23.2 Å². The van der Waals surface area contributed by atoms with Gasteiger partial charge in [0.15, 0.2) is 6.61 Å². The number of hydrogen-bond acceptors (Lipinski definition) is 4. The van der Waals surface area contributed by atoms with Crippen LogP contribution in [0.2, 0.25) is 0 Å². The third-order valence-corrected chi connectivity index (χ3v) is 3.95. The van der Waals surface area contributed by atoms with Crippen LogP contribution in [0.25, 0.3) is 0 Å². The van der Waals surface area contributed by atoms with Gasteiger partial charge in [0.1, 0.15) is 11.9 Å². The Morgan fingerprint density at radius 2 is 2.08 bits per heavy atom. The minimum atomic E-state index is -4.45. The molecule has 0 bridgehead atoms. The van der Waals surface area contributed by atoms with Gasteiger partial charge in [-0.2, -0.15) is 13.2 Å². The van der Waals surface area contributed by atoms with Crippen LogP contribution in [0.3, 0.4) is 0 Å². The molecule has 0 saturated carbocycles. The van der Waals surface area contributed by atoms with Gasteiger partial charge in [0.25, 0.3) is 5.91 Å². The standard InChI is InChI=1S/C18H17F3N2O3/c19-18(20,21)13-4-3-5-14(10-13)25-12-17(24)23-9-7-15(11-23)26-16-6-1-2-8-22-16/h1-6,8,10,15H,7,9,11-12H2. The van der Waals surface area contributed by atoms with Gasteiger partial charge in [0.2, 0.25) is 5.88 Å². The first-order valence-corrected chi connectivity index (χ1v) is 8.07. The summed E-state index contributed by atoms with van der Waals surface area (Å²) in [4.78, 5) is 17.9. The summed E-state index contributed by atoms with van der Waals surface area (Å²) < 4.78 is 49.0. The summed E-state index contributed by atoms with van der Waals surface area (Å²) >= 11 is 0. The van der Waals surface area contributed by atoms with E-state index >= 15 is 0 Å². The monoisotopic (exact) mass is 366 g/mol. The van der Waals surface area contributed by atoms with E-state index in [0.717, 1.165) is 12.1 Å². The second-order valence-corrected chi connectivity index (χ2v) is 5.85. The quantitative estimate of drug-likeness (QED) is 0.816. The van der Waals surface area contributed by atoms with Gasteiger partial charge in [-0.1, -0.05) is 12.1 Å². The SMILES string of the molecule is O=C(COc1cccc(C(F)(F)F)c1)N1CCC(Oc2ccccn2)C1. The number of alkyl halides is 3. The zero-order valence-electron chi connectivity index (χ0n) is 13.8. The Labute approximate surface area is 148 Å². The summed E-state index contributed by atoms with van der Waals surface area (Å²) in [6, 6.07) is 9.79. The van der Waals surface area contributed by atoms with Gasteiger partial charge in [-0.25, -0.2) is 4.98 Å². The van der Waals surface area contributed by atoms with Gasteiger partial charge in [-0.05, 0) is 24.3 Å². The van der Waals surface area contributed by atoms with Gasteiger partial charge in [0, 0.05) is 25.2 Å². The maximum atomic E-state index is 12.7. The van der Waals surface area contributed by atoms with Gasteiger partial charge in [-0.3, -0.25) is 4.79 Å². The Balaban J connectivity index is 1.50. The number of nitrogens with zero attached hydrogens (tertiary/aromatic N) is 2. The predicted molar refractivity (Wildman–Crippen MR) is 86.8 cm³/mol. The highest BCUT2D eigenvalue weighted by Gasteiger charge is 2.31. The van der Waals surface area contributed by atoms with E-state index in [2.05, 4.69) is 4.98 Å². The van der Waals surface area contributed by atoms with Crippen LogP contribution in [0.1, 0.15) is 12.0 Å². The number of carbonyl (C=O) groups excluding carboxylic acids is 1. The highest BCUT2D eigenvalue weighted by Crippen LogP contribution is 2.31. The van der Waals surface area contributed by atoms with E-state index in [1.165, 1.54) is 12.1 Å². The maximum Gasteiger partial charge on any atom is 0.416 e. The molecular formula is C18H17F3N2O3. The summed E-state index contributed by atoms with van der Waals surface area (Å²) in [6.45, 7) is 0.571. The molecule has 1 atom stereocenters. The molecule has 1 saturated heterocycles. The van der Waals surface area contributed by atoms with Crippen LogP contribution < -0.4 is 9.47 Å². The lowest BCUT2D eigenvalue weighted by atomic mass is 10.2. The van der Waals surface area contributed by atoms with Crippen molar-refractivity contribution in [2.45, 2.75) is 18.7 Å². The van der Waals surface area contributed by atoms with Gasteiger partial charge >= 0.3 is 6.18 Å². The summed E-state index contributed by atoms with van der Waals surface area (Å²) in [5.41, 5.74) is -0.813.